The van der Waals surface area contributed by atoms with Gasteiger partial charge in [0.1, 0.15) is 0 Å². The summed E-state index contributed by atoms with van der Waals surface area (Å²) in [5.74, 6) is 0.906. The molecule has 2 aromatic rings. The summed E-state index contributed by atoms with van der Waals surface area (Å²) < 4.78 is 7.84. The maximum atomic E-state index is 5.91. The second kappa shape index (κ2) is 8.80. The first-order valence-electron chi connectivity index (χ1n) is 10.2. The molecular formula is C20H33N5O. The van der Waals surface area contributed by atoms with Crippen LogP contribution in [0.4, 0.5) is 0 Å². The summed E-state index contributed by atoms with van der Waals surface area (Å²) in [4.78, 5) is 11.5. The predicted octanol–water partition coefficient (Wildman–Crippen LogP) is 4.01. The van der Waals surface area contributed by atoms with Crippen molar-refractivity contribution in [3.05, 3.63) is 17.6 Å². The molecule has 1 aliphatic heterocycles. The molecule has 6 heteroatoms. The second-order valence-corrected chi connectivity index (χ2v) is 7.69. The van der Waals surface area contributed by atoms with E-state index < -0.39 is 0 Å². The van der Waals surface area contributed by atoms with Crippen molar-refractivity contribution in [2.45, 2.75) is 78.9 Å². The van der Waals surface area contributed by atoms with Crippen LogP contribution in [-0.2, 0) is 6.54 Å². The van der Waals surface area contributed by atoms with E-state index in [-0.39, 0.29) is 6.10 Å². The molecule has 1 fully saturated rings. The minimum atomic E-state index is 0.126. The van der Waals surface area contributed by atoms with Crippen LogP contribution >= 0.6 is 0 Å². The summed E-state index contributed by atoms with van der Waals surface area (Å²) in [6.45, 7) is 11.7. The van der Waals surface area contributed by atoms with Gasteiger partial charge in [0.25, 0.3) is 0 Å². The molecule has 1 unspecified atom stereocenters. The number of hydrogen-bond acceptors (Lipinski definition) is 5. The quantitative estimate of drug-likeness (QED) is 0.713. The molecule has 0 saturated carbocycles. The highest BCUT2D eigenvalue weighted by Crippen LogP contribution is 2.23. The third-order valence-electron chi connectivity index (χ3n) is 5.37. The summed E-state index contributed by atoms with van der Waals surface area (Å²) >= 11 is 0. The van der Waals surface area contributed by atoms with E-state index in [1.165, 1.54) is 38.8 Å². The Bertz CT molecular complexity index is 706. The molecule has 1 aliphatic rings. The lowest BCUT2D eigenvalue weighted by Gasteiger charge is -2.31. The number of hydrogen-bond donors (Lipinski definition) is 0. The van der Waals surface area contributed by atoms with E-state index in [4.69, 9.17) is 4.74 Å². The monoisotopic (exact) mass is 359 g/mol. The van der Waals surface area contributed by atoms with Crippen molar-refractivity contribution in [1.82, 2.24) is 24.5 Å². The lowest BCUT2D eigenvalue weighted by Crippen LogP contribution is -2.33. The van der Waals surface area contributed by atoms with Gasteiger partial charge in [-0.2, -0.15) is 4.98 Å². The average molecular weight is 360 g/mol. The van der Waals surface area contributed by atoms with Crippen LogP contribution in [-0.4, -0.2) is 43.7 Å². The fourth-order valence-electron chi connectivity index (χ4n) is 3.91. The van der Waals surface area contributed by atoms with E-state index in [9.17, 15) is 0 Å². The van der Waals surface area contributed by atoms with Gasteiger partial charge in [-0.1, -0.05) is 33.1 Å². The second-order valence-electron chi connectivity index (χ2n) is 7.69. The van der Waals surface area contributed by atoms with Gasteiger partial charge in [0.2, 0.25) is 0 Å². The van der Waals surface area contributed by atoms with Gasteiger partial charge in [-0.05, 0) is 52.1 Å². The van der Waals surface area contributed by atoms with Crippen molar-refractivity contribution in [2.24, 2.45) is 5.92 Å². The van der Waals surface area contributed by atoms with Gasteiger partial charge in [0.05, 0.1) is 23.7 Å². The Balaban J connectivity index is 1.72. The number of imidazole rings is 1. The molecule has 3 heterocycles. The molecule has 1 saturated heterocycles. The fraction of sp³-hybridized carbons (Fsp3) is 0.750. The summed E-state index contributed by atoms with van der Waals surface area (Å²) in [6.07, 6.45) is 9.44. The van der Waals surface area contributed by atoms with Crippen LogP contribution < -0.4 is 4.74 Å². The Hall–Kier alpha value is -1.69. The number of aryl methyl sites for hydroxylation is 1. The van der Waals surface area contributed by atoms with Crippen LogP contribution in [0.3, 0.4) is 0 Å². The molecule has 0 radical (unpaired) electrons. The van der Waals surface area contributed by atoms with Gasteiger partial charge in [-0.15, -0.1) is 5.10 Å². The number of rotatable bonds is 8. The Morgan fingerprint density at radius 2 is 2.00 bits per heavy atom. The zero-order valence-electron chi connectivity index (χ0n) is 16.7. The topological polar surface area (TPSA) is 55.5 Å². The molecule has 26 heavy (non-hydrogen) atoms. The van der Waals surface area contributed by atoms with E-state index in [0.717, 1.165) is 42.3 Å². The molecule has 2 aromatic heterocycles. The molecule has 3 rings (SSSR count). The summed E-state index contributed by atoms with van der Waals surface area (Å²) in [7, 11) is 0. The maximum Gasteiger partial charge on any atom is 0.334 e. The highest BCUT2D eigenvalue weighted by Gasteiger charge is 2.20. The van der Waals surface area contributed by atoms with Crippen molar-refractivity contribution in [3.63, 3.8) is 0 Å². The van der Waals surface area contributed by atoms with Crippen molar-refractivity contribution in [3.8, 4) is 6.01 Å². The lowest BCUT2D eigenvalue weighted by atomic mass is 9.92. The van der Waals surface area contributed by atoms with E-state index in [1.807, 2.05) is 17.6 Å². The highest BCUT2D eigenvalue weighted by atomic mass is 16.5. The Labute approximate surface area is 157 Å². The van der Waals surface area contributed by atoms with E-state index in [0.29, 0.717) is 6.01 Å². The lowest BCUT2D eigenvalue weighted by molar-refractivity contribution is 0.168. The Kier molecular flexibility index (Phi) is 6.46. The van der Waals surface area contributed by atoms with Gasteiger partial charge in [0, 0.05) is 6.54 Å². The third kappa shape index (κ3) is 4.53. The molecule has 1 atom stereocenters. The minimum Gasteiger partial charge on any atom is -0.459 e. The molecule has 0 aliphatic carbocycles. The van der Waals surface area contributed by atoms with Crippen LogP contribution in [0.2, 0.25) is 0 Å². The molecule has 6 nitrogen and oxygen atoms in total. The third-order valence-corrected chi connectivity index (χ3v) is 5.37. The smallest absolute Gasteiger partial charge is 0.334 e. The predicted molar refractivity (Wildman–Crippen MR) is 103 cm³/mol. The zero-order valence-corrected chi connectivity index (χ0v) is 16.7. The molecular weight excluding hydrogens is 326 g/mol. The molecule has 0 aromatic carbocycles. The highest BCUT2D eigenvalue weighted by molar-refractivity contribution is 5.43. The van der Waals surface area contributed by atoms with Gasteiger partial charge in [-0.25, -0.2) is 9.50 Å². The van der Waals surface area contributed by atoms with Gasteiger partial charge in [0.15, 0.2) is 5.65 Å². The normalized spacial score (nSPS) is 17.7. The Morgan fingerprint density at radius 1 is 1.23 bits per heavy atom. The van der Waals surface area contributed by atoms with Crippen LogP contribution in [0.15, 0.2) is 6.20 Å². The number of nitrogens with zero attached hydrogens (tertiary/aromatic N) is 5. The molecule has 0 N–H and O–H groups in total. The van der Waals surface area contributed by atoms with Crippen LogP contribution in [0, 0.1) is 12.8 Å². The fourth-order valence-corrected chi connectivity index (χ4v) is 3.91. The number of ether oxygens (including phenoxy) is 1. The summed E-state index contributed by atoms with van der Waals surface area (Å²) in [6, 6.07) is 0.455. The minimum absolute atomic E-state index is 0.126. The number of aromatic nitrogens is 4. The molecule has 0 spiro atoms. The summed E-state index contributed by atoms with van der Waals surface area (Å²) in [5, 5.41) is 4.62. The SMILES string of the molecule is CCCC1CCN(Cc2cnc3c(C)nc(OC(C)CCC)nn23)CC1. The molecule has 0 amide bonds. The molecule has 144 valence electrons. The number of likely N-dealkylation sites (tertiary alicyclic amines) is 1. The van der Waals surface area contributed by atoms with Gasteiger partial charge < -0.3 is 4.74 Å². The van der Waals surface area contributed by atoms with E-state index in [2.05, 4.69) is 40.7 Å². The summed E-state index contributed by atoms with van der Waals surface area (Å²) in [5.41, 5.74) is 2.82. The van der Waals surface area contributed by atoms with Crippen LogP contribution in [0.5, 0.6) is 6.01 Å². The number of piperidine rings is 1. The standard InChI is InChI=1S/C20H33N5O/c1-5-7-15(3)26-20-22-16(4)19-21-13-18(25(19)23-20)14-24-11-9-17(8-6-2)10-12-24/h13,15,17H,5-12,14H2,1-4H3. The van der Waals surface area contributed by atoms with Gasteiger partial charge in [-0.3, -0.25) is 4.90 Å². The molecule has 0 bridgehead atoms. The Morgan fingerprint density at radius 3 is 2.69 bits per heavy atom. The largest absolute Gasteiger partial charge is 0.459 e. The first kappa shape index (κ1) is 19.1. The van der Waals surface area contributed by atoms with Crippen molar-refractivity contribution in [1.29, 1.82) is 0 Å². The maximum absolute atomic E-state index is 5.91. The first-order valence-corrected chi connectivity index (χ1v) is 10.2. The average Bonchev–Trinajstić information content (AvgIpc) is 3.00. The van der Waals surface area contributed by atoms with Crippen LogP contribution in [0.1, 0.15) is 70.7 Å². The van der Waals surface area contributed by atoms with Crippen molar-refractivity contribution < 1.29 is 4.74 Å². The van der Waals surface area contributed by atoms with Crippen molar-refractivity contribution in [2.75, 3.05) is 13.1 Å². The first-order chi connectivity index (χ1) is 12.6. The van der Waals surface area contributed by atoms with Gasteiger partial charge >= 0.3 is 6.01 Å². The van der Waals surface area contributed by atoms with Crippen molar-refractivity contribution >= 4 is 5.65 Å². The number of fused-ring (bicyclic) bond motifs is 1. The zero-order chi connectivity index (χ0) is 18.5. The van der Waals surface area contributed by atoms with E-state index >= 15 is 0 Å². The van der Waals surface area contributed by atoms with Crippen LogP contribution in [0.25, 0.3) is 5.65 Å². The van der Waals surface area contributed by atoms with E-state index in [1.54, 1.807) is 0 Å².